The van der Waals surface area contributed by atoms with E-state index >= 15 is 0 Å². The number of carbonyl (C=O) groups is 3. The average Bonchev–Trinajstić information content (AvgIpc) is 2.76. The summed E-state index contributed by atoms with van der Waals surface area (Å²) < 4.78 is 31.7. The summed E-state index contributed by atoms with van der Waals surface area (Å²) in [6.45, 7) is 3.00. The molecule has 4 N–H and O–H groups in total. The lowest BCUT2D eigenvalue weighted by atomic mass is 9.94. The minimum absolute atomic E-state index is 0.0652. The van der Waals surface area contributed by atoms with Crippen molar-refractivity contribution in [3.63, 3.8) is 0 Å². The maximum Gasteiger partial charge on any atom is 0.490 e. The van der Waals surface area contributed by atoms with Crippen LogP contribution in [0, 0.1) is 0 Å². The van der Waals surface area contributed by atoms with Gasteiger partial charge in [-0.15, -0.1) is 0 Å². The van der Waals surface area contributed by atoms with E-state index in [-0.39, 0.29) is 11.8 Å². The number of halogens is 3. The molecule has 2 aliphatic rings. The Kier molecular flexibility index (Phi) is 4.58. The molecule has 2 fully saturated rings. The molecule has 0 aromatic heterocycles. The SMILES string of the molecule is C[C@H]1NC(=O)C2(CCNC2)NC1=O.O=C(O)C(F)(F)F. The predicted molar refractivity (Wildman–Crippen MR) is 59.7 cm³/mol. The van der Waals surface area contributed by atoms with Crippen molar-refractivity contribution in [2.45, 2.75) is 31.1 Å². The van der Waals surface area contributed by atoms with Gasteiger partial charge in [0.1, 0.15) is 11.6 Å². The van der Waals surface area contributed by atoms with Crippen LogP contribution in [0.2, 0.25) is 0 Å². The van der Waals surface area contributed by atoms with Gasteiger partial charge < -0.3 is 21.1 Å². The Morgan fingerprint density at radius 1 is 1.40 bits per heavy atom. The van der Waals surface area contributed by atoms with Gasteiger partial charge in [-0.25, -0.2) is 4.79 Å². The molecule has 0 aliphatic carbocycles. The highest BCUT2D eigenvalue weighted by Gasteiger charge is 2.47. The van der Waals surface area contributed by atoms with Crippen LogP contribution < -0.4 is 16.0 Å². The topological polar surface area (TPSA) is 108 Å². The first kappa shape index (κ1) is 16.2. The fourth-order valence-corrected chi connectivity index (χ4v) is 1.79. The second-order valence-corrected chi connectivity index (χ2v) is 4.50. The van der Waals surface area contributed by atoms with Crippen LogP contribution >= 0.6 is 0 Å². The average molecular weight is 297 g/mol. The number of carboxylic acids is 1. The third kappa shape index (κ3) is 3.59. The number of piperazine rings is 1. The van der Waals surface area contributed by atoms with Gasteiger partial charge in [-0.2, -0.15) is 13.2 Å². The van der Waals surface area contributed by atoms with Crippen LogP contribution in [0.15, 0.2) is 0 Å². The minimum Gasteiger partial charge on any atom is -0.475 e. The summed E-state index contributed by atoms with van der Waals surface area (Å²) >= 11 is 0. The largest absolute Gasteiger partial charge is 0.490 e. The van der Waals surface area contributed by atoms with Crippen LogP contribution in [-0.2, 0) is 14.4 Å². The van der Waals surface area contributed by atoms with Gasteiger partial charge in [0, 0.05) is 6.54 Å². The molecule has 2 amide bonds. The van der Waals surface area contributed by atoms with Crippen molar-refractivity contribution < 1.29 is 32.7 Å². The maximum absolute atomic E-state index is 11.6. The molecule has 2 saturated heterocycles. The molecule has 2 heterocycles. The third-order valence-corrected chi connectivity index (χ3v) is 2.94. The molecular weight excluding hydrogens is 283 g/mol. The highest BCUT2D eigenvalue weighted by Crippen LogP contribution is 2.18. The fraction of sp³-hybridized carbons (Fsp3) is 0.700. The molecule has 0 bridgehead atoms. The molecular formula is C10H14F3N3O4. The smallest absolute Gasteiger partial charge is 0.475 e. The van der Waals surface area contributed by atoms with Crippen LogP contribution in [-0.4, -0.2) is 53.7 Å². The zero-order valence-corrected chi connectivity index (χ0v) is 10.5. The van der Waals surface area contributed by atoms with E-state index in [0.29, 0.717) is 13.0 Å². The molecule has 20 heavy (non-hydrogen) atoms. The molecule has 2 aliphatic heterocycles. The lowest BCUT2D eigenvalue weighted by Crippen LogP contribution is -2.69. The summed E-state index contributed by atoms with van der Waals surface area (Å²) in [5, 5.41) is 15.6. The van der Waals surface area contributed by atoms with E-state index in [2.05, 4.69) is 16.0 Å². The van der Waals surface area contributed by atoms with Crippen molar-refractivity contribution in [3.05, 3.63) is 0 Å². The summed E-state index contributed by atoms with van der Waals surface area (Å²) in [6.07, 6.45) is -4.41. The van der Waals surface area contributed by atoms with E-state index in [0.717, 1.165) is 6.54 Å². The van der Waals surface area contributed by atoms with Gasteiger partial charge in [-0.1, -0.05) is 0 Å². The first-order valence-corrected chi connectivity index (χ1v) is 5.72. The van der Waals surface area contributed by atoms with Crippen molar-refractivity contribution in [2.75, 3.05) is 13.1 Å². The van der Waals surface area contributed by atoms with Crippen molar-refractivity contribution in [1.82, 2.24) is 16.0 Å². The van der Waals surface area contributed by atoms with E-state index in [1.807, 2.05) is 0 Å². The van der Waals surface area contributed by atoms with Gasteiger partial charge in [0.15, 0.2) is 0 Å². The molecule has 0 saturated carbocycles. The molecule has 10 heteroatoms. The molecule has 2 atom stereocenters. The Balaban J connectivity index is 0.000000246. The lowest BCUT2D eigenvalue weighted by molar-refractivity contribution is -0.192. The number of nitrogens with one attached hydrogen (secondary N) is 3. The molecule has 1 unspecified atom stereocenters. The quantitative estimate of drug-likeness (QED) is 0.458. The maximum atomic E-state index is 11.6. The minimum atomic E-state index is -5.08. The molecule has 114 valence electrons. The summed E-state index contributed by atoms with van der Waals surface area (Å²) in [5.41, 5.74) is -0.677. The van der Waals surface area contributed by atoms with Crippen LogP contribution in [0.25, 0.3) is 0 Å². The number of aliphatic carboxylic acids is 1. The van der Waals surface area contributed by atoms with Crippen LogP contribution in [0.3, 0.4) is 0 Å². The highest BCUT2D eigenvalue weighted by molar-refractivity contribution is 6.00. The first-order chi connectivity index (χ1) is 9.08. The Morgan fingerprint density at radius 2 is 1.95 bits per heavy atom. The van der Waals surface area contributed by atoms with E-state index in [4.69, 9.17) is 9.90 Å². The number of rotatable bonds is 0. The molecule has 0 aromatic rings. The van der Waals surface area contributed by atoms with Crippen molar-refractivity contribution in [1.29, 1.82) is 0 Å². The summed E-state index contributed by atoms with van der Waals surface area (Å²) in [6, 6.07) is -0.404. The molecule has 0 aromatic carbocycles. The van der Waals surface area contributed by atoms with Crippen molar-refractivity contribution >= 4 is 17.8 Å². The monoisotopic (exact) mass is 297 g/mol. The predicted octanol–water partition coefficient (Wildman–Crippen LogP) is -1.01. The van der Waals surface area contributed by atoms with Gasteiger partial charge in [-0.05, 0) is 19.9 Å². The van der Waals surface area contributed by atoms with E-state index in [9.17, 15) is 22.8 Å². The van der Waals surface area contributed by atoms with E-state index in [1.54, 1.807) is 6.92 Å². The zero-order valence-electron chi connectivity index (χ0n) is 10.5. The Hall–Kier alpha value is -1.84. The lowest BCUT2D eigenvalue weighted by Gasteiger charge is -2.35. The summed E-state index contributed by atoms with van der Waals surface area (Å²) in [7, 11) is 0. The number of alkyl halides is 3. The highest BCUT2D eigenvalue weighted by atomic mass is 19.4. The second-order valence-electron chi connectivity index (χ2n) is 4.50. The van der Waals surface area contributed by atoms with Crippen molar-refractivity contribution in [3.8, 4) is 0 Å². The Morgan fingerprint density at radius 3 is 2.35 bits per heavy atom. The van der Waals surface area contributed by atoms with Gasteiger partial charge in [-0.3, -0.25) is 9.59 Å². The summed E-state index contributed by atoms with van der Waals surface area (Å²) in [4.78, 5) is 31.9. The molecule has 1 spiro atoms. The number of carbonyl (C=O) groups excluding carboxylic acids is 2. The standard InChI is InChI=1S/C8H13N3O2.C2HF3O2/c1-5-6(12)11-8(7(13)10-5)2-3-9-4-8;3-2(4,5)1(6)7/h5,9H,2-4H2,1H3,(H,10,13)(H,11,12);(H,6,7)/t5-,8?;/m1./s1. The first-order valence-electron chi connectivity index (χ1n) is 5.72. The van der Waals surface area contributed by atoms with Gasteiger partial charge in [0.05, 0.1) is 0 Å². The molecule has 7 nitrogen and oxygen atoms in total. The zero-order chi connectivity index (χ0) is 15.6. The van der Waals surface area contributed by atoms with Crippen LogP contribution in [0.1, 0.15) is 13.3 Å². The number of hydrogen-bond acceptors (Lipinski definition) is 4. The second kappa shape index (κ2) is 5.65. The number of hydrogen-bond donors (Lipinski definition) is 4. The fourth-order valence-electron chi connectivity index (χ4n) is 1.79. The number of carboxylic acid groups (broad SMARTS) is 1. The van der Waals surface area contributed by atoms with Crippen LogP contribution in [0.5, 0.6) is 0 Å². The van der Waals surface area contributed by atoms with Crippen molar-refractivity contribution in [2.24, 2.45) is 0 Å². The normalized spacial score (nSPS) is 29.3. The third-order valence-electron chi connectivity index (χ3n) is 2.94. The number of amides is 2. The van der Waals surface area contributed by atoms with Crippen LogP contribution in [0.4, 0.5) is 13.2 Å². The summed E-state index contributed by atoms with van der Waals surface area (Å²) in [5.74, 6) is -2.92. The van der Waals surface area contributed by atoms with E-state index in [1.165, 1.54) is 0 Å². The van der Waals surface area contributed by atoms with Gasteiger partial charge >= 0.3 is 12.1 Å². The Bertz CT molecular complexity index is 418. The van der Waals surface area contributed by atoms with Gasteiger partial charge in [0.25, 0.3) is 0 Å². The van der Waals surface area contributed by atoms with E-state index < -0.39 is 23.7 Å². The Labute approximate surface area is 111 Å². The molecule has 0 radical (unpaired) electrons. The molecule has 2 rings (SSSR count). The van der Waals surface area contributed by atoms with Gasteiger partial charge in [0.2, 0.25) is 11.8 Å².